The number of ether oxygens (including phenoxy) is 1. The number of carbonyl (C=O) groups excluding carboxylic acids is 1. The van der Waals surface area contributed by atoms with Gasteiger partial charge in [-0.1, -0.05) is 37.6 Å². The molecule has 1 rings (SSSR count). The molecule has 0 aliphatic rings. The maximum absolute atomic E-state index is 11.5. The van der Waals surface area contributed by atoms with Gasteiger partial charge in [-0.3, -0.25) is 0 Å². The third-order valence-corrected chi connectivity index (χ3v) is 3.07. The van der Waals surface area contributed by atoms with Gasteiger partial charge in [-0.2, -0.15) is 0 Å². The van der Waals surface area contributed by atoms with Crippen molar-refractivity contribution in [1.82, 2.24) is 0 Å². The zero-order valence-corrected chi connectivity index (χ0v) is 12.5. The van der Waals surface area contributed by atoms with Crippen LogP contribution in [0.1, 0.15) is 33.3 Å². The molecule has 3 heteroatoms. The fourth-order valence-corrected chi connectivity index (χ4v) is 1.68. The van der Waals surface area contributed by atoms with Crippen LogP contribution >= 0.6 is 11.6 Å². The van der Waals surface area contributed by atoms with Crippen molar-refractivity contribution >= 4 is 17.6 Å². The summed E-state index contributed by atoms with van der Waals surface area (Å²) in [6, 6.07) is 7.66. The molecule has 0 radical (unpaired) electrons. The number of benzene rings is 1. The molecule has 0 bridgehead atoms. The summed E-state index contributed by atoms with van der Waals surface area (Å²) >= 11 is 5.87. The third-order valence-electron chi connectivity index (χ3n) is 2.82. The van der Waals surface area contributed by atoms with Crippen LogP contribution in [0, 0.1) is 0 Å². The van der Waals surface area contributed by atoms with E-state index in [4.69, 9.17) is 16.3 Å². The minimum Gasteiger partial charge on any atom is -0.462 e. The monoisotopic (exact) mass is 278 g/mol. The lowest BCUT2D eigenvalue weighted by Gasteiger charge is -2.19. The summed E-state index contributed by atoms with van der Waals surface area (Å²) in [6.45, 7) is 7.97. The van der Waals surface area contributed by atoms with Gasteiger partial charge < -0.3 is 4.74 Å². The lowest BCUT2D eigenvalue weighted by atomic mass is 9.84. The predicted molar refractivity (Wildman–Crippen MR) is 78.4 cm³/mol. The maximum atomic E-state index is 11.5. The molecule has 0 amide bonds. The van der Waals surface area contributed by atoms with E-state index >= 15 is 0 Å². The minimum atomic E-state index is -0.328. The standard InChI is InChI=1S/C16H19ClO2/c1-5-19-15(18)12(2)10-11-16(3,4)13-6-8-14(17)9-7-13/h6-9,11H,5H2,1-4H3. The van der Waals surface area contributed by atoms with Crippen LogP contribution in [0.15, 0.2) is 41.6 Å². The van der Waals surface area contributed by atoms with E-state index in [-0.39, 0.29) is 11.4 Å². The number of rotatable bonds is 4. The highest BCUT2D eigenvalue weighted by Crippen LogP contribution is 2.25. The highest BCUT2D eigenvalue weighted by Gasteiger charge is 2.16. The normalized spacial score (nSPS) is 10.6. The summed E-state index contributed by atoms with van der Waals surface area (Å²) in [5.74, 6) is -0.328. The summed E-state index contributed by atoms with van der Waals surface area (Å²) in [5, 5.41) is 0.710. The molecule has 1 aromatic rings. The van der Waals surface area contributed by atoms with Gasteiger partial charge in [0.25, 0.3) is 0 Å². The summed E-state index contributed by atoms with van der Waals surface area (Å²) < 4.78 is 4.91. The van der Waals surface area contributed by atoms with E-state index in [0.717, 1.165) is 5.56 Å². The number of carbonyl (C=O) groups is 1. The highest BCUT2D eigenvalue weighted by atomic mass is 35.5. The number of halogens is 1. The Morgan fingerprint density at radius 3 is 2.47 bits per heavy atom. The summed E-state index contributed by atoms with van der Waals surface area (Å²) in [4.78, 5) is 11.5. The molecule has 0 aliphatic heterocycles. The zero-order chi connectivity index (χ0) is 14.5. The first-order valence-electron chi connectivity index (χ1n) is 6.24. The van der Waals surface area contributed by atoms with Crippen molar-refractivity contribution in [3.8, 4) is 0 Å². The van der Waals surface area contributed by atoms with Gasteiger partial charge in [-0.05, 0) is 37.6 Å². The largest absolute Gasteiger partial charge is 0.462 e. The first kappa shape index (κ1) is 15.6. The first-order chi connectivity index (χ1) is 8.86. The Labute approximate surface area is 119 Å². The van der Waals surface area contributed by atoms with Gasteiger partial charge in [-0.15, -0.1) is 5.73 Å². The lowest BCUT2D eigenvalue weighted by molar-refractivity contribution is -0.138. The van der Waals surface area contributed by atoms with Crippen molar-refractivity contribution in [2.24, 2.45) is 0 Å². The van der Waals surface area contributed by atoms with Gasteiger partial charge in [0.2, 0.25) is 0 Å². The Morgan fingerprint density at radius 1 is 1.37 bits per heavy atom. The SMILES string of the molecule is CCOC(=O)C(C)=C=CC(C)(C)c1ccc(Cl)cc1. The molecule has 0 unspecified atom stereocenters. The minimum absolute atomic E-state index is 0.224. The second-order valence-corrected chi connectivity index (χ2v) is 5.30. The van der Waals surface area contributed by atoms with Gasteiger partial charge in [0.1, 0.15) is 0 Å². The van der Waals surface area contributed by atoms with Gasteiger partial charge in [0, 0.05) is 10.4 Å². The smallest absolute Gasteiger partial charge is 0.341 e. The predicted octanol–water partition coefficient (Wildman–Crippen LogP) is 4.28. The van der Waals surface area contributed by atoms with Crippen LogP contribution in [0.4, 0.5) is 0 Å². The fourth-order valence-electron chi connectivity index (χ4n) is 1.55. The molecule has 0 spiro atoms. The van der Waals surface area contributed by atoms with Crippen molar-refractivity contribution in [3.05, 3.63) is 52.2 Å². The summed E-state index contributed by atoms with van der Waals surface area (Å²) in [5.41, 5.74) is 4.37. The molecule has 102 valence electrons. The quantitative estimate of drug-likeness (QED) is 0.467. The Balaban J connectivity index is 2.98. The Hall–Kier alpha value is -1.50. The van der Waals surface area contributed by atoms with Crippen molar-refractivity contribution < 1.29 is 9.53 Å². The fraction of sp³-hybridized carbons (Fsp3) is 0.375. The second kappa shape index (κ2) is 6.60. The van der Waals surface area contributed by atoms with Crippen molar-refractivity contribution in [2.45, 2.75) is 33.1 Å². The van der Waals surface area contributed by atoms with E-state index in [9.17, 15) is 4.79 Å². The van der Waals surface area contributed by atoms with E-state index in [1.54, 1.807) is 13.8 Å². The third kappa shape index (κ3) is 4.59. The van der Waals surface area contributed by atoms with E-state index in [1.807, 2.05) is 30.3 Å². The molecule has 0 atom stereocenters. The molecule has 0 aliphatic carbocycles. The molecule has 1 aromatic carbocycles. The number of esters is 1. The highest BCUT2D eigenvalue weighted by molar-refractivity contribution is 6.30. The van der Waals surface area contributed by atoms with Crippen LogP contribution in [0.25, 0.3) is 0 Å². The van der Waals surface area contributed by atoms with Crippen molar-refractivity contribution in [2.75, 3.05) is 6.61 Å². The molecule has 0 heterocycles. The Kier molecular flexibility index (Phi) is 5.41. The maximum Gasteiger partial charge on any atom is 0.341 e. The van der Waals surface area contributed by atoms with E-state index in [0.29, 0.717) is 17.2 Å². The van der Waals surface area contributed by atoms with Crippen LogP contribution in [-0.2, 0) is 14.9 Å². The van der Waals surface area contributed by atoms with Crippen LogP contribution < -0.4 is 0 Å². The van der Waals surface area contributed by atoms with Gasteiger partial charge in [-0.25, -0.2) is 4.79 Å². The van der Waals surface area contributed by atoms with Crippen molar-refractivity contribution in [1.29, 1.82) is 0 Å². The van der Waals surface area contributed by atoms with E-state index in [2.05, 4.69) is 19.6 Å². The number of hydrogen-bond acceptors (Lipinski definition) is 2. The molecular weight excluding hydrogens is 260 g/mol. The van der Waals surface area contributed by atoms with E-state index in [1.165, 1.54) is 0 Å². The van der Waals surface area contributed by atoms with Crippen molar-refractivity contribution in [3.63, 3.8) is 0 Å². The molecule has 0 saturated heterocycles. The van der Waals surface area contributed by atoms with Crippen LogP contribution in [0.5, 0.6) is 0 Å². The molecule has 0 N–H and O–H groups in total. The van der Waals surface area contributed by atoms with Crippen LogP contribution in [0.2, 0.25) is 5.02 Å². The summed E-state index contributed by atoms with van der Waals surface area (Å²) in [7, 11) is 0. The molecule has 19 heavy (non-hydrogen) atoms. The van der Waals surface area contributed by atoms with Gasteiger partial charge >= 0.3 is 5.97 Å². The number of hydrogen-bond donors (Lipinski definition) is 0. The summed E-state index contributed by atoms with van der Waals surface area (Å²) in [6.07, 6.45) is 1.88. The second-order valence-electron chi connectivity index (χ2n) is 4.86. The molecular formula is C16H19ClO2. The average molecular weight is 279 g/mol. The Morgan fingerprint density at radius 2 is 1.95 bits per heavy atom. The van der Waals surface area contributed by atoms with Gasteiger partial charge in [0.15, 0.2) is 0 Å². The molecule has 2 nitrogen and oxygen atoms in total. The molecule has 0 saturated carbocycles. The molecule has 0 aromatic heterocycles. The van der Waals surface area contributed by atoms with Crippen LogP contribution in [-0.4, -0.2) is 12.6 Å². The first-order valence-corrected chi connectivity index (χ1v) is 6.62. The average Bonchev–Trinajstić information content (AvgIpc) is 2.37. The Bertz CT molecular complexity index is 506. The molecule has 0 fully saturated rings. The topological polar surface area (TPSA) is 26.3 Å². The zero-order valence-electron chi connectivity index (χ0n) is 11.8. The lowest BCUT2D eigenvalue weighted by Crippen LogP contribution is -2.13. The van der Waals surface area contributed by atoms with Crippen LogP contribution in [0.3, 0.4) is 0 Å². The van der Waals surface area contributed by atoms with Gasteiger partial charge in [0.05, 0.1) is 12.2 Å². The van der Waals surface area contributed by atoms with E-state index < -0.39 is 0 Å².